The van der Waals surface area contributed by atoms with Gasteiger partial charge in [0.25, 0.3) is 0 Å². The first kappa shape index (κ1) is 16.6. The van der Waals surface area contributed by atoms with Gasteiger partial charge >= 0.3 is 12.0 Å². The molecule has 0 saturated heterocycles. The zero-order chi connectivity index (χ0) is 16.2. The Morgan fingerprint density at radius 1 is 1.38 bits per heavy atom. The minimum absolute atomic E-state index is 0.179. The van der Waals surface area contributed by atoms with Crippen molar-refractivity contribution in [3.05, 3.63) is 42.0 Å². The molecule has 0 atom stereocenters. The number of carbonyl (C=O) groups is 2. The number of nitrogens with zero attached hydrogens (tertiary/aromatic N) is 1. The van der Waals surface area contributed by atoms with Crippen LogP contribution in [-0.2, 0) is 0 Å². The third-order valence-corrected chi connectivity index (χ3v) is 2.74. The Morgan fingerprint density at radius 2 is 1.95 bits per heavy atom. The highest BCUT2D eigenvalue weighted by Crippen LogP contribution is 2.21. The first-order valence-electron chi connectivity index (χ1n) is 6.18. The van der Waals surface area contributed by atoms with Gasteiger partial charge in [0.2, 0.25) is 0 Å². The van der Waals surface area contributed by atoms with E-state index < -0.39 is 29.2 Å². The van der Waals surface area contributed by atoms with E-state index >= 15 is 0 Å². The van der Waals surface area contributed by atoms with Crippen LogP contribution in [0.1, 0.15) is 24.2 Å². The fourth-order valence-corrected chi connectivity index (χ4v) is 1.68. The van der Waals surface area contributed by atoms with Gasteiger partial charge in [-0.05, 0) is 19.9 Å². The number of amides is 2. The molecule has 1 aromatic carbocycles. The molecule has 0 radical (unpaired) electrons. The van der Waals surface area contributed by atoms with Crippen LogP contribution >= 0.6 is 0 Å². The van der Waals surface area contributed by atoms with E-state index in [9.17, 15) is 18.4 Å². The van der Waals surface area contributed by atoms with Gasteiger partial charge in [0.05, 0.1) is 11.3 Å². The summed E-state index contributed by atoms with van der Waals surface area (Å²) in [6.07, 6.45) is 1.50. The molecule has 21 heavy (non-hydrogen) atoms. The summed E-state index contributed by atoms with van der Waals surface area (Å²) in [5.41, 5.74) is -0.828. The van der Waals surface area contributed by atoms with Crippen molar-refractivity contribution in [2.75, 3.05) is 11.9 Å². The van der Waals surface area contributed by atoms with Gasteiger partial charge in [-0.25, -0.2) is 18.4 Å². The SMILES string of the molecule is C=CCN(C(=O)Nc1cc(F)c(F)cc1C(=O)O)C(C)C. The van der Waals surface area contributed by atoms with Crippen LogP contribution in [0.25, 0.3) is 0 Å². The average Bonchev–Trinajstić information content (AvgIpc) is 2.38. The quantitative estimate of drug-likeness (QED) is 0.821. The maximum absolute atomic E-state index is 13.2. The predicted molar refractivity (Wildman–Crippen MR) is 74.4 cm³/mol. The number of hydrogen-bond acceptors (Lipinski definition) is 2. The standard InChI is InChI=1S/C14H16F2N2O3/c1-4-5-18(8(2)3)14(21)17-12-7-11(16)10(15)6-9(12)13(19)20/h4,6-8H,1,5H2,2-3H3,(H,17,21)(H,19,20). The van der Waals surface area contributed by atoms with Crippen molar-refractivity contribution in [3.8, 4) is 0 Å². The Labute approximate surface area is 120 Å². The number of carboxylic acid groups (broad SMARTS) is 1. The van der Waals surface area contributed by atoms with Gasteiger partial charge in [0.1, 0.15) is 0 Å². The maximum Gasteiger partial charge on any atom is 0.337 e. The normalized spacial score (nSPS) is 10.3. The van der Waals surface area contributed by atoms with Gasteiger partial charge in [-0.15, -0.1) is 6.58 Å². The van der Waals surface area contributed by atoms with Gasteiger partial charge in [-0.3, -0.25) is 0 Å². The molecule has 0 aliphatic rings. The van der Waals surface area contributed by atoms with Crippen LogP contribution in [0, 0.1) is 11.6 Å². The molecule has 114 valence electrons. The van der Waals surface area contributed by atoms with Crippen molar-refractivity contribution in [2.24, 2.45) is 0 Å². The summed E-state index contributed by atoms with van der Waals surface area (Å²) in [5, 5.41) is 11.3. The van der Waals surface area contributed by atoms with Crippen LogP contribution in [0.3, 0.4) is 0 Å². The van der Waals surface area contributed by atoms with Crippen LogP contribution in [0.5, 0.6) is 0 Å². The van der Waals surface area contributed by atoms with Gasteiger partial charge in [0.15, 0.2) is 11.6 Å². The van der Waals surface area contributed by atoms with Crippen LogP contribution in [0.2, 0.25) is 0 Å². The molecule has 0 aliphatic heterocycles. The molecule has 2 N–H and O–H groups in total. The lowest BCUT2D eigenvalue weighted by molar-refractivity contribution is 0.0697. The summed E-state index contributed by atoms with van der Waals surface area (Å²) in [6.45, 7) is 7.26. The summed E-state index contributed by atoms with van der Waals surface area (Å²) in [6, 6.07) is 0.365. The molecule has 0 aromatic heterocycles. The second kappa shape index (κ2) is 6.83. The van der Waals surface area contributed by atoms with Crippen molar-refractivity contribution in [1.82, 2.24) is 4.90 Å². The molecule has 7 heteroatoms. The molecule has 0 saturated carbocycles. The Hall–Kier alpha value is -2.44. The number of halogens is 2. The lowest BCUT2D eigenvalue weighted by Crippen LogP contribution is -2.40. The highest BCUT2D eigenvalue weighted by atomic mass is 19.2. The number of carboxylic acids is 1. The third-order valence-electron chi connectivity index (χ3n) is 2.74. The fraction of sp³-hybridized carbons (Fsp3) is 0.286. The van der Waals surface area contributed by atoms with Crippen molar-refractivity contribution in [1.29, 1.82) is 0 Å². The smallest absolute Gasteiger partial charge is 0.337 e. The molecule has 0 fully saturated rings. The van der Waals surface area contributed by atoms with Gasteiger partial charge < -0.3 is 15.3 Å². The molecule has 5 nitrogen and oxygen atoms in total. The van der Waals surface area contributed by atoms with Gasteiger partial charge in [-0.2, -0.15) is 0 Å². The lowest BCUT2D eigenvalue weighted by Gasteiger charge is -2.26. The number of carbonyl (C=O) groups excluding carboxylic acids is 1. The summed E-state index contributed by atoms with van der Waals surface area (Å²) in [5.74, 6) is -4.00. The van der Waals surface area contributed by atoms with E-state index in [1.165, 1.54) is 11.0 Å². The van der Waals surface area contributed by atoms with E-state index in [2.05, 4.69) is 11.9 Å². The monoisotopic (exact) mass is 298 g/mol. The molecule has 1 rings (SSSR count). The molecule has 0 heterocycles. The second-order valence-electron chi connectivity index (χ2n) is 4.58. The Morgan fingerprint density at radius 3 is 2.43 bits per heavy atom. The lowest BCUT2D eigenvalue weighted by atomic mass is 10.1. The van der Waals surface area contributed by atoms with E-state index in [4.69, 9.17) is 5.11 Å². The maximum atomic E-state index is 13.2. The topological polar surface area (TPSA) is 69.6 Å². The average molecular weight is 298 g/mol. The molecule has 1 aromatic rings. The van der Waals surface area contributed by atoms with Crippen molar-refractivity contribution < 1.29 is 23.5 Å². The Balaban J connectivity index is 3.11. The highest BCUT2D eigenvalue weighted by molar-refractivity contribution is 6.00. The molecule has 0 bridgehead atoms. The van der Waals surface area contributed by atoms with Crippen LogP contribution < -0.4 is 5.32 Å². The fourth-order valence-electron chi connectivity index (χ4n) is 1.68. The molecule has 0 unspecified atom stereocenters. The molecular formula is C14H16F2N2O3. The molecule has 2 amide bonds. The molecular weight excluding hydrogens is 282 g/mol. The number of nitrogens with one attached hydrogen (secondary N) is 1. The molecule has 0 aliphatic carbocycles. The van der Waals surface area contributed by atoms with Crippen molar-refractivity contribution in [2.45, 2.75) is 19.9 Å². The van der Waals surface area contributed by atoms with Gasteiger partial charge in [-0.1, -0.05) is 6.08 Å². The largest absolute Gasteiger partial charge is 0.478 e. The Bertz CT molecular complexity index is 574. The van der Waals surface area contributed by atoms with Crippen LogP contribution in [-0.4, -0.2) is 34.6 Å². The van der Waals surface area contributed by atoms with Crippen molar-refractivity contribution >= 4 is 17.7 Å². The predicted octanol–water partition coefficient (Wildman–Crippen LogP) is 3.09. The van der Waals surface area contributed by atoms with E-state index in [-0.39, 0.29) is 18.3 Å². The first-order valence-corrected chi connectivity index (χ1v) is 6.18. The zero-order valence-corrected chi connectivity index (χ0v) is 11.7. The van der Waals surface area contributed by atoms with E-state index in [1.54, 1.807) is 13.8 Å². The van der Waals surface area contributed by atoms with E-state index in [0.717, 1.165) is 0 Å². The summed E-state index contributed by atoms with van der Waals surface area (Å²) in [7, 11) is 0. The number of hydrogen-bond donors (Lipinski definition) is 2. The first-order chi connectivity index (χ1) is 9.77. The minimum atomic E-state index is -1.47. The number of anilines is 1. The number of benzene rings is 1. The summed E-state index contributed by atoms with van der Waals surface area (Å²) >= 11 is 0. The van der Waals surface area contributed by atoms with Crippen LogP contribution in [0.4, 0.5) is 19.3 Å². The minimum Gasteiger partial charge on any atom is -0.478 e. The van der Waals surface area contributed by atoms with Gasteiger partial charge in [0, 0.05) is 18.7 Å². The summed E-state index contributed by atoms with van der Waals surface area (Å²) in [4.78, 5) is 24.5. The van der Waals surface area contributed by atoms with Crippen LogP contribution in [0.15, 0.2) is 24.8 Å². The van der Waals surface area contributed by atoms with Crippen molar-refractivity contribution in [3.63, 3.8) is 0 Å². The molecule has 0 spiro atoms. The zero-order valence-electron chi connectivity index (χ0n) is 11.7. The highest BCUT2D eigenvalue weighted by Gasteiger charge is 2.20. The summed E-state index contributed by atoms with van der Waals surface area (Å²) < 4.78 is 26.3. The second-order valence-corrected chi connectivity index (χ2v) is 4.58. The van der Waals surface area contributed by atoms with E-state index in [0.29, 0.717) is 12.1 Å². The third kappa shape index (κ3) is 4.01. The number of urea groups is 1. The number of rotatable bonds is 5. The van der Waals surface area contributed by atoms with E-state index in [1.807, 2.05) is 0 Å². The Kier molecular flexibility index (Phi) is 5.40. The number of aromatic carboxylic acids is 1.